The zero-order valence-corrected chi connectivity index (χ0v) is 14.9. The molecule has 1 aromatic heterocycles. The third-order valence-corrected chi connectivity index (χ3v) is 5.82. The standard InChI is InChI=1S/C18H15F2N3O3S/c19-10-3-4-13(12(20)8-10)21-15(24)9-23-16(25)18(22-17(23)26)6-1-2-14-11(18)5-7-27-14/h3-5,7-8H,1-2,6,9H2,(H,21,24)(H,22,26)/t18-/m1/s1. The van der Waals surface area contributed by atoms with E-state index in [-0.39, 0.29) is 5.69 Å². The predicted octanol–water partition coefficient (Wildman–Crippen LogP) is 2.75. The normalized spacial score (nSPS) is 21.3. The molecular formula is C18H15F2N3O3S. The van der Waals surface area contributed by atoms with E-state index in [4.69, 9.17) is 0 Å². The quantitative estimate of drug-likeness (QED) is 0.790. The van der Waals surface area contributed by atoms with Crippen LogP contribution in [-0.4, -0.2) is 29.3 Å². The minimum atomic E-state index is -1.13. The van der Waals surface area contributed by atoms with E-state index in [9.17, 15) is 23.2 Å². The predicted molar refractivity (Wildman–Crippen MR) is 94.2 cm³/mol. The number of thiophene rings is 1. The molecule has 1 aromatic carbocycles. The van der Waals surface area contributed by atoms with E-state index in [1.54, 1.807) is 0 Å². The number of anilines is 1. The summed E-state index contributed by atoms with van der Waals surface area (Å²) in [5, 5.41) is 6.88. The van der Waals surface area contributed by atoms with E-state index in [1.165, 1.54) is 11.3 Å². The maximum Gasteiger partial charge on any atom is 0.325 e. The number of fused-ring (bicyclic) bond motifs is 2. The van der Waals surface area contributed by atoms with Crippen LogP contribution in [0.25, 0.3) is 0 Å². The van der Waals surface area contributed by atoms with Crippen molar-refractivity contribution in [2.24, 2.45) is 0 Å². The van der Waals surface area contributed by atoms with Gasteiger partial charge in [0, 0.05) is 16.5 Å². The Hall–Kier alpha value is -2.81. The van der Waals surface area contributed by atoms with Crippen LogP contribution >= 0.6 is 11.3 Å². The second-order valence-electron chi connectivity index (χ2n) is 6.51. The highest BCUT2D eigenvalue weighted by atomic mass is 32.1. The Balaban J connectivity index is 1.53. The maximum absolute atomic E-state index is 13.7. The number of hydrogen-bond donors (Lipinski definition) is 2. The second-order valence-corrected chi connectivity index (χ2v) is 7.51. The molecule has 4 amide bonds. The van der Waals surface area contributed by atoms with Gasteiger partial charge in [-0.1, -0.05) is 0 Å². The molecule has 0 unspecified atom stereocenters. The third-order valence-electron chi connectivity index (χ3n) is 4.84. The molecule has 0 saturated carbocycles. The lowest BCUT2D eigenvalue weighted by Gasteiger charge is -2.31. The van der Waals surface area contributed by atoms with Gasteiger partial charge in [0.1, 0.15) is 23.7 Å². The van der Waals surface area contributed by atoms with Crippen LogP contribution in [0, 0.1) is 11.6 Å². The van der Waals surface area contributed by atoms with Crippen molar-refractivity contribution in [1.29, 1.82) is 0 Å². The highest BCUT2D eigenvalue weighted by Crippen LogP contribution is 2.42. The molecule has 2 N–H and O–H groups in total. The fourth-order valence-electron chi connectivity index (χ4n) is 3.61. The molecule has 1 aliphatic carbocycles. The molecule has 0 bridgehead atoms. The third kappa shape index (κ3) is 2.87. The number of hydrogen-bond acceptors (Lipinski definition) is 4. The van der Waals surface area contributed by atoms with Gasteiger partial charge in [0.25, 0.3) is 5.91 Å². The molecule has 4 rings (SSSR count). The zero-order chi connectivity index (χ0) is 19.2. The number of aryl methyl sites for hydroxylation is 1. The van der Waals surface area contributed by atoms with Gasteiger partial charge in [-0.25, -0.2) is 13.6 Å². The van der Waals surface area contributed by atoms with Crippen LogP contribution in [0.5, 0.6) is 0 Å². The largest absolute Gasteiger partial charge is 0.325 e. The SMILES string of the molecule is O=C(CN1C(=O)N[C@@]2(CCCc3sccc32)C1=O)Nc1ccc(F)cc1F. The highest BCUT2D eigenvalue weighted by molar-refractivity contribution is 7.10. The summed E-state index contributed by atoms with van der Waals surface area (Å²) in [6.07, 6.45) is 2.06. The number of halogens is 2. The van der Waals surface area contributed by atoms with Crippen LogP contribution in [0.4, 0.5) is 19.3 Å². The van der Waals surface area contributed by atoms with Crippen LogP contribution < -0.4 is 10.6 Å². The number of amides is 4. The second kappa shape index (κ2) is 6.41. The van der Waals surface area contributed by atoms with Gasteiger partial charge in [-0.05, 0) is 42.8 Å². The van der Waals surface area contributed by atoms with Gasteiger partial charge in [0.2, 0.25) is 5.91 Å². The Morgan fingerprint density at radius 3 is 2.89 bits per heavy atom. The van der Waals surface area contributed by atoms with Crippen molar-refractivity contribution in [2.75, 3.05) is 11.9 Å². The fourth-order valence-corrected chi connectivity index (χ4v) is 4.61. The molecule has 2 aliphatic rings. The first-order chi connectivity index (χ1) is 12.9. The first-order valence-corrected chi connectivity index (χ1v) is 9.24. The van der Waals surface area contributed by atoms with Crippen LogP contribution in [0.3, 0.4) is 0 Å². The molecule has 2 aromatic rings. The number of nitrogens with zero attached hydrogens (tertiary/aromatic N) is 1. The smallest absolute Gasteiger partial charge is 0.322 e. The van der Waals surface area contributed by atoms with Crippen LogP contribution in [0.15, 0.2) is 29.6 Å². The van der Waals surface area contributed by atoms with Gasteiger partial charge in [0.15, 0.2) is 0 Å². The van der Waals surface area contributed by atoms with Gasteiger partial charge in [-0.3, -0.25) is 14.5 Å². The number of urea groups is 1. The van der Waals surface area contributed by atoms with E-state index < -0.39 is 41.6 Å². The summed E-state index contributed by atoms with van der Waals surface area (Å²) in [5.41, 5.74) is -0.572. The lowest BCUT2D eigenvalue weighted by Crippen LogP contribution is -2.46. The lowest BCUT2D eigenvalue weighted by atomic mass is 9.80. The van der Waals surface area contributed by atoms with Gasteiger partial charge in [-0.2, -0.15) is 0 Å². The summed E-state index contributed by atoms with van der Waals surface area (Å²) in [5.74, 6) is -2.94. The molecule has 27 heavy (non-hydrogen) atoms. The first-order valence-electron chi connectivity index (χ1n) is 8.36. The Bertz CT molecular complexity index is 961. The Morgan fingerprint density at radius 1 is 1.30 bits per heavy atom. The van der Waals surface area contributed by atoms with Crippen molar-refractivity contribution < 1.29 is 23.2 Å². The summed E-state index contributed by atoms with van der Waals surface area (Å²) >= 11 is 1.54. The molecular weight excluding hydrogens is 376 g/mol. The molecule has 0 radical (unpaired) electrons. The monoisotopic (exact) mass is 391 g/mol. The van der Waals surface area contributed by atoms with Crippen molar-refractivity contribution >= 4 is 34.9 Å². The minimum Gasteiger partial charge on any atom is -0.322 e. The Morgan fingerprint density at radius 2 is 2.11 bits per heavy atom. The molecule has 9 heteroatoms. The molecule has 1 fully saturated rings. The minimum absolute atomic E-state index is 0.221. The van der Waals surface area contributed by atoms with E-state index in [0.29, 0.717) is 12.5 Å². The molecule has 1 atom stereocenters. The molecule has 1 saturated heterocycles. The van der Waals surface area contributed by atoms with E-state index >= 15 is 0 Å². The number of nitrogens with one attached hydrogen (secondary N) is 2. The average Bonchev–Trinajstić information content (AvgIpc) is 3.18. The van der Waals surface area contributed by atoms with Crippen LogP contribution in [-0.2, 0) is 21.5 Å². The molecule has 6 nitrogen and oxygen atoms in total. The Kier molecular flexibility index (Phi) is 4.18. The van der Waals surface area contributed by atoms with Crippen molar-refractivity contribution in [3.05, 3.63) is 51.7 Å². The van der Waals surface area contributed by atoms with Crippen molar-refractivity contribution in [3.63, 3.8) is 0 Å². The molecule has 2 heterocycles. The summed E-state index contributed by atoms with van der Waals surface area (Å²) in [6.45, 7) is -0.553. The lowest BCUT2D eigenvalue weighted by molar-refractivity contribution is -0.134. The van der Waals surface area contributed by atoms with Crippen molar-refractivity contribution in [2.45, 2.75) is 24.8 Å². The van der Waals surface area contributed by atoms with Crippen LogP contribution in [0.1, 0.15) is 23.3 Å². The fraction of sp³-hybridized carbons (Fsp3) is 0.278. The molecule has 140 valence electrons. The van der Waals surface area contributed by atoms with Crippen molar-refractivity contribution in [3.8, 4) is 0 Å². The number of benzene rings is 1. The number of rotatable bonds is 3. The molecule has 1 spiro atoms. The van der Waals surface area contributed by atoms with E-state index in [0.717, 1.165) is 40.3 Å². The van der Waals surface area contributed by atoms with Gasteiger partial charge in [-0.15, -0.1) is 11.3 Å². The Labute approximate surface area is 157 Å². The van der Waals surface area contributed by atoms with Gasteiger partial charge in [0.05, 0.1) is 5.69 Å². The van der Waals surface area contributed by atoms with Gasteiger partial charge >= 0.3 is 6.03 Å². The maximum atomic E-state index is 13.7. The summed E-state index contributed by atoms with van der Waals surface area (Å²) < 4.78 is 26.6. The summed E-state index contributed by atoms with van der Waals surface area (Å²) in [4.78, 5) is 39.5. The molecule has 1 aliphatic heterocycles. The summed E-state index contributed by atoms with van der Waals surface area (Å²) in [7, 11) is 0. The van der Waals surface area contributed by atoms with E-state index in [1.807, 2.05) is 11.4 Å². The van der Waals surface area contributed by atoms with Crippen LogP contribution in [0.2, 0.25) is 0 Å². The summed E-state index contributed by atoms with van der Waals surface area (Å²) in [6, 6.07) is 3.89. The first kappa shape index (κ1) is 17.6. The number of carbonyl (C=O) groups is 3. The average molecular weight is 391 g/mol. The number of carbonyl (C=O) groups excluding carboxylic acids is 3. The van der Waals surface area contributed by atoms with E-state index in [2.05, 4.69) is 10.6 Å². The number of imide groups is 1. The van der Waals surface area contributed by atoms with Gasteiger partial charge < -0.3 is 10.6 Å². The topological polar surface area (TPSA) is 78.5 Å². The van der Waals surface area contributed by atoms with Crippen molar-refractivity contribution in [1.82, 2.24) is 10.2 Å². The highest BCUT2D eigenvalue weighted by Gasteiger charge is 2.54. The zero-order valence-electron chi connectivity index (χ0n) is 14.1.